The van der Waals surface area contributed by atoms with Crippen molar-refractivity contribution in [3.63, 3.8) is 0 Å². The Kier molecular flexibility index (Phi) is 7.80. The summed E-state index contributed by atoms with van der Waals surface area (Å²) in [6.45, 7) is 0.536. The molecule has 0 bridgehead atoms. The zero-order chi connectivity index (χ0) is 23.9. The van der Waals surface area contributed by atoms with Crippen LogP contribution in [-0.2, 0) is 6.54 Å². The lowest BCUT2D eigenvalue weighted by Crippen LogP contribution is -2.36. The number of rotatable bonds is 8. The number of carbonyl (C=O) groups excluding carboxylic acids is 1. The number of ether oxygens (including phenoxy) is 1. The molecule has 0 radical (unpaired) electrons. The Hall–Kier alpha value is -3.38. The molecule has 34 heavy (non-hydrogen) atoms. The van der Waals surface area contributed by atoms with E-state index < -0.39 is 0 Å². The molecule has 2 aromatic carbocycles. The van der Waals surface area contributed by atoms with Crippen molar-refractivity contribution in [1.82, 2.24) is 10.3 Å². The smallest absolute Gasteiger partial charge is 0.251 e. The Bertz CT molecular complexity index is 1140. The molecule has 1 aromatic heterocycles. The largest absolute Gasteiger partial charge is 0.497 e. The molecule has 0 atom stereocenters. The Labute approximate surface area is 205 Å². The van der Waals surface area contributed by atoms with Gasteiger partial charge in [0.25, 0.3) is 5.91 Å². The lowest BCUT2D eigenvalue weighted by molar-refractivity contribution is 0.0927. The number of nitrogens with one attached hydrogen (secondary N) is 3. The van der Waals surface area contributed by atoms with Gasteiger partial charge in [-0.1, -0.05) is 55.1 Å². The highest BCUT2D eigenvalue weighted by Gasteiger charge is 2.18. The van der Waals surface area contributed by atoms with Gasteiger partial charge in [0.15, 0.2) is 0 Å². The van der Waals surface area contributed by atoms with Crippen molar-refractivity contribution in [3.8, 4) is 17.0 Å². The molecule has 1 heterocycles. The summed E-state index contributed by atoms with van der Waals surface area (Å²) in [6, 6.07) is 15.4. The third-order valence-electron chi connectivity index (χ3n) is 6.20. The fraction of sp³-hybridized carbons (Fsp3) is 0.296. The van der Waals surface area contributed by atoms with E-state index in [-0.39, 0.29) is 11.9 Å². The van der Waals surface area contributed by atoms with Crippen LogP contribution in [0.5, 0.6) is 5.75 Å². The van der Waals surface area contributed by atoms with Crippen molar-refractivity contribution >= 4 is 29.4 Å². The van der Waals surface area contributed by atoms with Gasteiger partial charge in [-0.15, -0.1) is 0 Å². The lowest BCUT2D eigenvalue weighted by atomic mass is 9.95. The van der Waals surface area contributed by atoms with Crippen molar-refractivity contribution in [2.45, 2.75) is 44.7 Å². The van der Waals surface area contributed by atoms with E-state index in [9.17, 15) is 4.79 Å². The van der Waals surface area contributed by atoms with Crippen molar-refractivity contribution < 1.29 is 9.53 Å². The van der Waals surface area contributed by atoms with Crippen LogP contribution >= 0.6 is 11.6 Å². The molecule has 1 saturated carbocycles. The molecule has 1 fully saturated rings. The number of benzene rings is 2. The van der Waals surface area contributed by atoms with Crippen LogP contribution < -0.4 is 15.4 Å². The van der Waals surface area contributed by atoms with E-state index in [1.54, 1.807) is 13.3 Å². The Morgan fingerprint density at radius 2 is 1.82 bits per heavy atom. The lowest BCUT2D eigenvalue weighted by Gasteiger charge is -2.22. The first-order chi connectivity index (χ1) is 16.6. The first-order valence-electron chi connectivity index (χ1n) is 11.6. The normalized spacial score (nSPS) is 13.8. The van der Waals surface area contributed by atoms with Gasteiger partial charge in [-0.25, -0.2) is 0 Å². The molecule has 0 unspecified atom stereocenters. The van der Waals surface area contributed by atoms with Gasteiger partial charge in [-0.3, -0.25) is 9.78 Å². The topological polar surface area (TPSA) is 87.1 Å². The molecule has 0 aliphatic heterocycles. The number of anilines is 1. The fourth-order valence-electron chi connectivity index (χ4n) is 4.28. The van der Waals surface area contributed by atoms with E-state index in [1.807, 2.05) is 48.5 Å². The standard InChI is InChI=1S/C27H29ClN4O2/c1-34-22-13-7-18(8-14-22)16-30-26-23(15-29)25(31-17-24(26)28)19-9-11-20(12-10-19)27(33)32-21-5-3-2-4-6-21/h7-15,17,21,29H,2-6,16H2,1H3,(H,30,31)(H,32,33). The van der Waals surface area contributed by atoms with Crippen molar-refractivity contribution in [2.75, 3.05) is 12.4 Å². The molecule has 1 aliphatic rings. The van der Waals surface area contributed by atoms with Gasteiger partial charge >= 0.3 is 0 Å². The molecule has 0 saturated heterocycles. The van der Waals surface area contributed by atoms with Crippen LogP contribution in [0.2, 0.25) is 5.02 Å². The van der Waals surface area contributed by atoms with Gasteiger partial charge in [0.1, 0.15) is 5.75 Å². The number of pyridine rings is 1. The monoisotopic (exact) mass is 476 g/mol. The van der Waals surface area contributed by atoms with E-state index >= 15 is 0 Å². The summed E-state index contributed by atoms with van der Waals surface area (Å²) >= 11 is 6.44. The SMILES string of the molecule is COc1ccc(CNc2c(Cl)cnc(-c3ccc(C(=O)NC4CCCCC4)cc3)c2C=N)cc1. The maximum absolute atomic E-state index is 12.6. The molecule has 6 nitrogen and oxygen atoms in total. The van der Waals surface area contributed by atoms with Gasteiger partial charge < -0.3 is 20.8 Å². The number of hydrogen-bond acceptors (Lipinski definition) is 5. The maximum Gasteiger partial charge on any atom is 0.251 e. The highest BCUT2D eigenvalue weighted by Crippen LogP contribution is 2.32. The maximum atomic E-state index is 12.6. The molecule has 1 amide bonds. The molecule has 0 spiro atoms. The second-order valence-electron chi connectivity index (χ2n) is 8.48. The van der Waals surface area contributed by atoms with E-state index in [0.717, 1.165) is 29.7 Å². The second kappa shape index (κ2) is 11.2. The van der Waals surface area contributed by atoms with Gasteiger partial charge in [-0.2, -0.15) is 0 Å². The quantitative estimate of drug-likeness (QED) is 0.344. The minimum Gasteiger partial charge on any atom is -0.497 e. The van der Waals surface area contributed by atoms with Gasteiger partial charge in [0.2, 0.25) is 0 Å². The number of aromatic nitrogens is 1. The zero-order valence-corrected chi connectivity index (χ0v) is 20.0. The summed E-state index contributed by atoms with van der Waals surface area (Å²) in [5.41, 5.74) is 4.38. The predicted octanol–water partition coefficient (Wildman–Crippen LogP) is 6.08. The third-order valence-corrected chi connectivity index (χ3v) is 6.49. The Balaban J connectivity index is 1.51. The summed E-state index contributed by atoms with van der Waals surface area (Å²) in [5, 5.41) is 15.0. The predicted molar refractivity (Wildman–Crippen MR) is 137 cm³/mol. The summed E-state index contributed by atoms with van der Waals surface area (Å²) in [6.07, 6.45) is 8.54. The van der Waals surface area contributed by atoms with Crippen LogP contribution in [0.25, 0.3) is 11.3 Å². The fourth-order valence-corrected chi connectivity index (χ4v) is 4.50. The van der Waals surface area contributed by atoms with Crippen molar-refractivity contribution in [2.24, 2.45) is 0 Å². The first-order valence-corrected chi connectivity index (χ1v) is 11.9. The van der Waals surface area contributed by atoms with Crippen molar-refractivity contribution in [3.05, 3.63) is 76.4 Å². The number of carbonyl (C=O) groups is 1. The number of halogens is 1. The molecule has 4 rings (SSSR count). The van der Waals surface area contributed by atoms with Crippen molar-refractivity contribution in [1.29, 1.82) is 5.41 Å². The summed E-state index contributed by atoms with van der Waals surface area (Å²) in [5.74, 6) is 0.751. The van der Waals surface area contributed by atoms with Crippen LogP contribution in [0.1, 0.15) is 53.6 Å². The number of hydrogen-bond donors (Lipinski definition) is 3. The zero-order valence-electron chi connectivity index (χ0n) is 19.2. The molecular formula is C27H29ClN4O2. The van der Waals surface area contributed by atoms with Crippen LogP contribution in [0.4, 0.5) is 5.69 Å². The average Bonchev–Trinajstić information content (AvgIpc) is 2.88. The molecule has 3 N–H and O–H groups in total. The molecule has 3 aromatic rings. The Morgan fingerprint density at radius 3 is 2.47 bits per heavy atom. The molecular weight excluding hydrogens is 448 g/mol. The third kappa shape index (κ3) is 5.57. The van der Waals surface area contributed by atoms with Crippen LogP contribution in [0.15, 0.2) is 54.7 Å². The first kappa shape index (κ1) is 23.8. The molecule has 7 heteroatoms. The van der Waals surface area contributed by atoms with Crippen LogP contribution in [-0.4, -0.2) is 30.3 Å². The summed E-state index contributed by atoms with van der Waals surface area (Å²) < 4.78 is 5.21. The van der Waals surface area contributed by atoms with Crippen LogP contribution in [0.3, 0.4) is 0 Å². The van der Waals surface area contributed by atoms with E-state index in [0.29, 0.717) is 34.1 Å². The average molecular weight is 477 g/mol. The van der Waals surface area contributed by atoms with E-state index in [4.69, 9.17) is 21.7 Å². The summed E-state index contributed by atoms with van der Waals surface area (Å²) in [4.78, 5) is 17.1. The number of amides is 1. The van der Waals surface area contributed by atoms with Gasteiger partial charge in [-0.05, 0) is 42.7 Å². The van der Waals surface area contributed by atoms with Gasteiger partial charge in [0, 0.05) is 41.7 Å². The Morgan fingerprint density at radius 1 is 1.12 bits per heavy atom. The molecule has 176 valence electrons. The minimum absolute atomic E-state index is 0.0448. The second-order valence-corrected chi connectivity index (χ2v) is 8.88. The highest BCUT2D eigenvalue weighted by molar-refractivity contribution is 6.34. The van der Waals surface area contributed by atoms with Gasteiger partial charge in [0.05, 0.1) is 23.5 Å². The van der Waals surface area contributed by atoms with E-state index in [2.05, 4.69) is 15.6 Å². The highest BCUT2D eigenvalue weighted by atomic mass is 35.5. The van der Waals surface area contributed by atoms with Crippen LogP contribution in [0, 0.1) is 5.41 Å². The summed E-state index contributed by atoms with van der Waals surface area (Å²) in [7, 11) is 1.64. The minimum atomic E-state index is -0.0448. The number of methoxy groups -OCH3 is 1. The molecule has 1 aliphatic carbocycles. The number of nitrogens with zero attached hydrogens (tertiary/aromatic N) is 1. The van der Waals surface area contributed by atoms with E-state index in [1.165, 1.54) is 25.5 Å².